The van der Waals surface area contributed by atoms with Crippen molar-refractivity contribution in [1.82, 2.24) is 4.90 Å². The van der Waals surface area contributed by atoms with Crippen LogP contribution in [0.25, 0.3) is 0 Å². The third kappa shape index (κ3) is 12.6. The zero-order valence-corrected chi connectivity index (χ0v) is 14.8. The molecule has 0 heterocycles. The molecule has 0 saturated carbocycles. The number of rotatable bonds is 11. The molecule has 0 fully saturated rings. The molecule has 18 heavy (non-hydrogen) atoms. The number of nitrogens with zero attached hydrogens (tertiary/aromatic N) is 1. The monoisotopic (exact) mass is 273 g/mol. The van der Waals surface area contributed by atoms with E-state index in [0.29, 0.717) is 0 Å². The smallest absolute Gasteiger partial charge is 0.162 e. The van der Waals surface area contributed by atoms with Gasteiger partial charge in [-0.2, -0.15) is 0 Å². The van der Waals surface area contributed by atoms with Crippen LogP contribution in [-0.2, 0) is 4.43 Å². The van der Waals surface area contributed by atoms with Crippen molar-refractivity contribution in [2.24, 2.45) is 0 Å². The average molecular weight is 274 g/mol. The van der Waals surface area contributed by atoms with Gasteiger partial charge in [0.2, 0.25) is 0 Å². The van der Waals surface area contributed by atoms with Crippen molar-refractivity contribution in [3.05, 3.63) is 0 Å². The van der Waals surface area contributed by atoms with E-state index in [1.54, 1.807) is 0 Å². The van der Waals surface area contributed by atoms with Gasteiger partial charge in [-0.15, -0.1) is 0 Å². The molecule has 0 amide bonds. The summed E-state index contributed by atoms with van der Waals surface area (Å²) in [5, 5.41) is 0. The van der Waals surface area contributed by atoms with Crippen LogP contribution in [0.15, 0.2) is 0 Å². The minimum Gasteiger partial charge on any atom is -0.419 e. The van der Waals surface area contributed by atoms with Crippen molar-refractivity contribution in [3.63, 3.8) is 0 Å². The van der Waals surface area contributed by atoms with Gasteiger partial charge in [-0.3, -0.25) is 0 Å². The molecule has 0 aromatic rings. The van der Waals surface area contributed by atoms with Gasteiger partial charge in [-0.1, -0.05) is 26.7 Å². The van der Waals surface area contributed by atoms with Gasteiger partial charge < -0.3 is 9.33 Å². The van der Waals surface area contributed by atoms with E-state index in [1.807, 2.05) is 0 Å². The van der Waals surface area contributed by atoms with Crippen molar-refractivity contribution in [2.75, 3.05) is 19.6 Å². The third-order valence-electron chi connectivity index (χ3n) is 3.06. The lowest BCUT2D eigenvalue weighted by atomic mass is 10.2. The highest BCUT2D eigenvalue weighted by atomic mass is 28.2. The summed E-state index contributed by atoms with van der Waals surface area (Å²) >= 11 is 0. The Morgan fingerprint density at radius 2 is 1.39 bits per heavy atom. The van der Waals surface area contributed by atoms with Crippen molar-refractivity contribution < 1.29 is 4.43 Å². The molecule has 0 bridgehead atoms. The van der Waals surface area contributed by atoms with E-state index in [4.69, 9.17) is 4.43 Å². The fourth-order valence-corrected chi connectivity index (χ4v) is 3.10. The Labute approximate surface area is 117 Å². The predicted molar refractivity (Wildman–Crippen MR) is 85.1 cm³/mol. The molecular weight excluding hydrogens is 238 g/mol. The maximum atomic E-state index is 5.89. The zero-order valence-electron chi connectivity index (χ0n) is 13.4. The molecule has 110 valence electrons. The summed E-state index contributed by atoms with van der Waals surface area (Å²) in [5.74, 6) is 0. The summed E-state index contributed by atoms with van der Waals surface area (Å²) in [7, 11) is -0.301. The molecule has 3 heteroatoms. The Hall–Kier alpha value is 0.137. The highest BCUT2D eigenvalue weighted by molar-refractivity contribution is 6.27. The van der Waals surface area contributed by atoms with Crippen LogP contribution < -0.4 is 0 Å². The van der Waals surface area contributed by atoms with Crippen LogP contribution in [0.1, 0.15) is 66.7 Å². The lowest BCUT2D eigenvalue weighted by molar-refractivity contribution is 0.137. The van der Waals surface area contributed by atoms with Gasteiger partial charge in [0.05, 0.1) is 0 Å². The molecule has 0 aliphatic heterocycles. The minimum atomic E-state index is -0.301. The summed E-state index contributed by atoms with van der Waals surface area (Å²) < 4.78 is 5.89. The highest BCUT2D eigenvalue weighted by Crippen LogP contribution is 2.07. The van der Waals surface area contributed by atoms with Crippen molar-refractivity contribution in [3.8, 4) is 0 Å². The maximum Gasteiger partial charge on any atom is 0.162 e. The Morgan fingerprint density at radius 1 is 0.889 bits per heavy atom. The quantitative estimate of drug-likeness (QED) is 0.421. The molecule has 0 unspecified atom stereocenters. The second kappa shape index (κ2) is 11.0. The minimum absolute atomic E-state index is 0.0797. The molecule has 0 aliphatic carbocycles. The Bertz CT molecular complexity index is 172. The molecule has 0 saturated heterocycles. The summed E-state index contributed by atoms with van der Waals surface area (Å²) in [6.45, 7) is 14.9. The SMILES string of the molecule is CCCCN(CCCC)CCC[SiH2]OC(C)(C)C. The van der Waals surface area contributed by atoms with E-state index in [1.165, 1.54) is 57.8 Å². The van der Waals surface area contributed by atoms with Gasteiger partial charge in [0, 0.05) is 5.60 Å². The second-order valence-corrected chi connectivity index (χ2v) is 7.62. The standard InChI is InChI=1S/C15H35NOSi/c1-6-8-11-16(12-9-7-2)13-10-14-18-17-15(3,4)5/h6-14,18H2,1-5H3. The predicted octanol–water partition coefficient (Wildman–Crippen LogP) is 3.60. The molecular formula is C15H35NOSi. The molecule has 0 aliphatic rings. The van der Waals surface area contributed by atoms with Crippen LogP contribution in [0.3, 0.4) is 0 Å². The molecule has 0 aromatic heterocycles. The summed E-state index contributed by atoms with van der Waals surface area (Å²) in [5.41, 5.74) is 0.0797. The van der Waals surface area contributed by atoms with Crippen LogP contribution in [0.2, 0.25) is 6.04 Å². The fourth-order valence-electron chi connectivity index (χ4n) is 1.91. The fraction of sp³-hybridized carbons (Fsp3) is 1.00. The van der Waals surface area contributed by atoms with E-state index < -0.39 is 0 Å². The average Bonchev–Trinajstić information content (AvgIpc) is 2.29. The van der Waals surface area contributed by atoms with Gasteiger partial charge in [0.15, 0.2) is 9.76 Å². The van der Waals surface area contributed by atoms with E-state index >= 15 is 0 Å². The molecule has 0 aromatic carbocycles. The first kappa shape index (κ1) is 18.1. The summed E-state index contributed by atoms with van der Waals surface area (Å²) in [4.78, 5) is 2.65. The first-order valence-electron chi connectivity index (χ1n) is 7.86. The number of hydrogen-bond donors (Lipinski definition) is 0. The van der Waals surface area contributed by atoms with Crippen LogP contribution in [0.4, 0.5) is 0 Å². The van der Waals surface area contributed by atoms with Gasteiger partial charge in [0.1, 0.15) is 0 Å². The zero-order chi connectivity index (χ0) is 13.9. The Kier molecular flexibility index (Phi) is 11.1. The normalized spacial score (nSPS) is 13.0. The number of unbranched alkanes of at least 4 members (excludes halogenated alkanes) is 2. The largest absolute Gasteiger partial charge is 0.419 e. The van der Waals surface area contributed by atoms with Crippen molar-refractivity contribution >= 4 is 9.76 Å². The van der Waals surface area contributed by atoms with Crippen LogP contribution in [0, 0.1) is 0 Å². The van der Waals surface area contributed by atoms with Gasteiger partial charge >= 0.3 is 0 Å². The number of hydrogen-bond acceptors (Lipinski definition) is 2. The van der Waals surface area contributed by atoms with E-state index in [0.717, 1.165) is 0 Å². The summed E-state index contributed by atoms with van der Waals surface area (Å²) in [6, 6.07) is 1.33. The first-order valence-corrected chi connectivity index (χ1v) is 9.43. The Morgan fingerprint density at radius 3 is 1.83 bits per heavy atom. The summed E-state index contributed by atoms with van der Waals surface area (Å²) in [6.07, 6.45) is 6.64. The molecule has 0 N–H and O–H groups in total. The van der Waals surface area contributed by atoms with Crippen LogP contribution in [0.5, 0.6) is 0 Å². The second-order valence-electron chi connectivity index (χ2n) is 6.22. The van der Waals surface area contributed by atoms with E-state index in [-0.39, 0.29) is 15.4 Å². The van der Waals surface area contributed by atoms with E-state index in [2.05, 4.69) is 39.5 Å². The topological polar surface area (TPSA) is 12.5 Å². The van der Waals surface area contributed by atoms with Gasteiger partial charge in [-0.25, -0.2) is 0 Å². The lowest BCUT2D eigenvalue weighted by Gasteiger charge is -2.23. The molecule has 0 radical (unpaired) electrons. The van der Waals surface area contributed by atoms with Crippen molar-refractivity contribution in [1.29, 1.82) is 0 Å². The molecule has 2 nitrogen and oxygen atoms in total. The lowest BCUT2D eigenvalue weighted by Crippen LogP contribution is -2.28. The third-order valence-corrected chi connectivity index (χ3v) is 4.92. The van der Waals surface area contributed by atoms with Crippen molar-refractivity contribution in [2.45, 2.75) is 78.4 Å². The van der Waals surface area contributed by atoms with Gasteiger partial charge in [0.25, 0.3) is 0 Å². The molecule has 0 atom stereocenters. The highest BCUT2D eigenvalue weighted by Gasteiger charge is 2.09. The van der Waals surface area contributed by atoms with Crippen LogP contribution in [-0.4, -0.2) is 39.9 Å². The molecule has 0 spiro atoms. The Balaban J connectivity index is 3.61. The molecule has 0 rings (SSSR count). The van der Waals surface area contributed by atoms with E-state index in [9.17, 15) is 0 Å². The maximum absolute atomic E-state index is 5.89. The van der Waals surface area contributed by atoms with Gasteiger partial charge in [-0.05, 0) is 65.7 Å². The van der Waals surface area contributed by atoms with Crippen LogP contribution >= 0.6 is 0 Å². The first-order chi connectivity index (χ1) is 8.49.